The number of nitrogens with zero attached hydrogens (tertiary/aromatic N) is 1. The van der Waals surface area contributed by atoms with Gasteiger partial charge in [-0.15, -0.1) is 0 Å². The van der Waals surface area contributed by atoms with Crippen molar-refractivity contribution in [3.8, 4) is 5.75 Å². The first-order chi connectivity index (χ1) is 15.6. The van der Waals surface area contributed by atoms with Gasteiger partial charge in [0.2, 0.25) is 0 Å². The number of methoxy groups -OCH3 is 1. The second kappa shape index (κ2) is 9.87. The maximum absolute atomic E-state index is 13.0. The van der Waals surface area contributed by atoms with Crippen LogP contribution in [-0.2, 0) is 0 Å². The number of carbonyl (C=O) groups excluding carboxylic acids is 2. The molecule has 0 bridgehead atoms. The largest absolute Gasteiger partial charge is 0.497 e. The van der Waals surface area contributed by atoms with Crippen molar-refractivity contribution in [3.63, 3.8) is 0 Å². The first kappa shape index (κ1) is 21.2. The van der Waals surface area contributed by atoms with E-state index in [2.05, 4.69) is 16.0 Å². The van der Waals surface area contributed by atoms with Crippen molar-refractivity contribution in [3.05, 3.63) is 84.4 Å². The number of rotatable bonds is 5. The van der Waals surface area contributed by atoms with E-state index in [9.17, 15) is 9.59 Å². The van der Waals surface area contributed by atoms with Crippen LogP contribution in [-0.4, -0.2) is 30.6 Å². The molecule has 1 saturated heterocycles. The normalized spacial score (nSPS) is 15.2. The highest BCUT2D eigenvalue weighted by Crippen LogP contribution is 2.33. The van der Waals surface area contributed by atoms with Crippen LogP contribution >= 0.6 is 0 Å². The number of benzene rings is 3. The number of nitrogens with one attached hydrogen (secondary N) is 3. The van der Waals surface area contributed by atoms with Crippen molar-refractivity contribution in [1.82, 2.24) is 4.90 Å². The molecule has 0 spiro atoms. The van der Waals surface area contributed by atoms with Crippen LogP contribution in [0.4, 0.5) is 26.7 Å². The Kier molecular flexibility index (Phi) is 6.55. The van der Waals surface area contributed by atoms with Crippen LogP contribution in [0, 0.1) is 0 Å². The summed E-state index contributed by atoms with van der Waals surface area (Å²) in [5.41, 5.74) is 3.00. The molecule has 0 saturated carbocycles. The third-order valence-corrected chi connectivity index (χ3v) is 5.42. The quantitative estimate of drug-likeness (QED) is 0.485. The van der Waals surface area contributed by atoms with E-state index in [1.807, 2.05) is 59.5 Å². The van der Waals surface area contributed by atoms with Crippen molar-refractivity contribution in [2.75, 3.05) is 29.6 Å². The number of anilines is 3. The summed E-state index contributed by atoms with van der Waals surface area (Å²) in [6.45, 7) is 0.694. The average molecular weight is 431 g/mol. The lowest BCUT2D eigenvalue weighted by molar-refractivity contribution is 0.207. The molecule has 3 aromatic carbocycles. The van der Waals surface area contributed by atoms with Gasteiger partial charge < -0.3 is 25.6 Å². The minimum atomic E-state index is -0.348. The first-order valence-electron chi connectivity index (χ1n) is 10.6. The van der Waals surface area contributed by atoms with Crippen molar-refractivity contribution in [2.24, 2.45) is 0 Å². The highest BCUT2D eigenvalue weighted by molar-refractivity contribution is 6.00. The number of carbonyl (C=O) groups is 2. The summed E-state index contributed by atoms with van der Waals surface area (Å²) in [7, 11) is 1.64. The maximum atomic E-state index is 13.0. The van der Waals surface area contributed by atoms with Crippen LogP contribution in [0.1, 0.15) is 24.4 Å². The Morgan fingerprint density at radius 3 is 2.22 bits per heavy atom. The van der Waals surface area contributed by atoms with Gasteiger partial charge in [0.05, 0.1) is 13.2 Å². The molecule has 3 aromatic rings. The zero-order valence-electron chi connectivity index (χ0n) is 17.9. The van der Waals surface area contributed by atoms with Gasteiger partial charge in [-0.1, -0.05) is 36.4 Å². The molecular weight excluding hydrogens is 404 g/mol. The molecule has 1 aliphatic heterocycles. The molecule has 1 atom stereocenters. The standard InChI is InChI=1S/C25H26N4O3/c1-32-22-14-12-18(13-15-22)23-11-6-16-29(23)25(31)28-21-10-5-9-20(17-21)27-24(30)26-19-7-3-2-4-8-19/h2-5,7-10,12-15,17,23H,6,11,16H2,1H3,(H,28,31)(H2,26,27,30). The van der Waals surface area contributed by atoms with Crippen molar-refractivity contribution >= 4 is 29.1 Å². The fraction of sp³-hybridized carbons (Fsp3) is 0.200. The second-order valence-electron chi connectivity index (χ2n) is 7.58. The van der Waals surface area contributed by atoms with Gasteiger partial charge in [0, 0.05) is 23.6 Å². The molecule has 3 N–H and O–H groups in total. The van der Waals surface area contributed by atoms with Crippen LogP contribution in [0.15, 0.2) is 78.9 Å². The molecule has 1 heterocycles. The zero-order chi connectivity index (χ0) is 22.3. The highest BCUT2D eigenvalue weighted by Gasteiger charge is 2.30. The molecule has 4 amide bonds. The summed E-state index contributed by atoms with van der Waals surface area (Å²) in [6, 6.07) is 23.7. The second-order valence-corrected chi connectivity index (χ2v) is 7.58. The number of likely N-dealkylation sites (tertiary alicyclic amines) is 1. The number of amides is 4. The van der Waals surface area contributed by atoms with Gasteiger partial charge in [0.25, 0.3) is 0 Å². The highest BCUT2D eigenvalue weighted by atomic mass is 16.5. The third kappa shape index (κ3) is 5.18. The molecule has 1 unspecified atom stereocenters. The summed E-state index contributed by atoms with van der Waals surface area (Å²) >= 11 is 0. The van der Waals surface area contributed by atoms with E-state index < -0.39 is 0 Å². The van der Waals surface area contributed by atoms with Gasteiger partial charge in [-0.05, 0) is 60.9 Å². The lowest BCUT2D eigenvalue weighted by atomic mass is 10.0. The number of ether oxygens (including phenoxy) is 1. The van der Waals surface area contributed by atoms with Gasteiger partial charge in [-0.25, -0.2) is 9.59 Å². The van der Waals surface area contributed by atoms with Crippen LogP contribution < -0.4 is 20.7 Å². The summed E-state index contributed by atoms with van der Waals surface area (Å²) in [4.78, 5) is 27.1. The van der Waals surface area contributed by atoms with E-state index in [1.54, 1.807) is 31.4 Å². The van der Waals surface area contributed by atoms with Crippen molar-refractivity contribution < 1.29 is 14.3 Å². The Balaban J connectivity index is 1.39. The minimum Gasteiger partial charge on any atom is -0.497 e. The molecular formula is C25H26N4O3. The van der Waals surface area contributed by atoms with Crippen LogP contribution in [0.2, 0.25) is 0 Å². The van der Waals surface area contributed by atoms with E-state index in [1.165, 1.54) is 0 Å². The van der Waals surface area contributed by atoms with E-state index in [4.69, 9.17) is 4.74 Å². The lowest BCUT2D eigenvalue weighted by Gasteiger charge is -2.25. The topological polar surface area (TPSA) is 82.7 Å². The summed E-state index contributed by atoms with van der Waals surface area (Å²) in [5.74, 6) is 0.795. The van der Waals surface area contributed by atoms with Gasteiger partial charge in [-0.2, -0.15) is 0 Å². The SMILES string of the molecule is COc1ccc(C2CCCN2C(=O)Nc2cccc(NC(=O)Nc3ccccc3)c2)cc1. The molecule has 1 fully saturated rings. The molecule has 0 aromatic heterocycles. The van der Waals surface area contributed by atoms with Crippen molar-refractivity contribution in [2.45, 2.75) is 18.9 Å². The van der Waals surface area contributed by atoms with Gasteiger partial charge in [0.15, 0.2) is 0 Å². The van der Waals surface area contributed by atoms with E-state index in [-0.39, 0.29) is 18.1 Å². The molecule has 4 rings (SSSR count). The molecule has 1 aliphatic rings. The number of para-hydroxylation sites is 1. The predicted molar refractivity (Wildman–Crippen MR) is 126 cm³/mol. The molecule has 7 heteroatoms. The summed E-state index contributed by atoms with van der Waals surface area (Å²) in [6.07, 6.45) is 1.87. The van der Waals surface area contributed by atoms with Gasteiger partial charge in [-0.3, -0.25) is 0 Å². The molecule has 0 aliphatic carbocycles. The zero-order valence-corrected chi connectivity index (χ0v) is 17.9. The summed E-state index contributed by atoms with van der Waals surface area (Å²) in [5, 5.41) is 8.53. The fourth-order valence-electron chi connectivity index (χ4n) is 3.87. The Bertz CT molecular complexity index is 1070. The minimum absolute atomic E-state index is 0.0267. The average Bonchev–Trinajstić information content (AvgIpc) is 3.30. The lowest BCUT2D eigenvalue weighted by Crippen LogP contribution is -2.34. The molecule has 7 nitrogen and oxygen atoms in total. The summed E-state index contributed by atoms with van der Waals surface area (Å²) < 4.78 is 5.23. The number of hydrogen-bond donors (Lipinski definition) is 3. The smallest absolute Gasteiger partial charge is 0.323 e. The Morgan fingerprint density at radius 2 is 1.50 bits per heavy atom. The van der Waals surface area contributed by atoms with Gasteiger partial charge in [0.1, 0.15) is 5.75 Å². The first-order valence-corrected chi connectivity index (χ1v) is 10.6. The number of urea groups is 2. The maximum Gasteiger partial charge on any atom is 0.323 e. The monoisotopic (exact) mass is 430 g/mol. The number of hydrogen-bond acceptors (Lipinski definition) is 3. The molecule has 164 valence electrons. The van der Waals surface area contributed by atoms with Crippen LogP contribution in [0.25, 0.3) is 0 Å². The van der Waals surface area contributed by atoms with E-state index in [0.29, 0.717) is 23.6 Å². The van der Waals surface area contributed by atoms with Crippen LogP contribution in [0.5, 0.6) is 5.75 Å². The Labute approximate surface area is 187 Å². The predicted octanol–water partition coefficient (Wildman–Crippen LogP) is 5.71. The Hall–Kier alpha value is -4.00. The van der Waals surface area contributed by atoms with E-state index in [0.717, 1.165) is 24.2 Å². The third-order valence-electron chi connectivity index (χ3n) is 5.42. The Morgan fingerprint density at radius 1 is 0.844 bits per heavy atom. The molecule has 0 radical (unpaired) electrons. The van der Waals surface area contributed by atoms with E-state index >= 15 is 0 Å². The van der Waals surface area contributed by atoms with Crippen LogP contribution in [0.3, 0.4) is 0 Å². The fourth-order valence-corrected chi connectivity index (χ4v) is 3.87. The molecule has 32 heavy (non-hydrogen) atoms. The van der Waals surface area contributed by atoms with Gasteiger partial charge >= 0.3 is 12.1 Å². The van der Waals surface area contributed by atoms with Crippen molar-refractivity contribution in [1.29, 1.82) is 0 Å².